The quantitative estimate of drug-likeness (QED) is 0.554. The molecule has 1 aliphatic heterocycles. The first-order chi connectivity index (χ1) is 7.66. The Morgan fingerprint density at radius 1 is 1.31 bits per heavy atom. The van der Waals surface area contributed by atoms with Crippen LogP contribution in [0.4, 0.5) is 0 Å². The van der Waals surface area contributed by atoms with Gasteiger partial charge in [-0.3, -0.25) is 14.5 Å². The third kappa shape index (κ3) is 2.92. The molecule has 0 radical (unpaired) electrons. The molecule has 1 aliphatic carbocycles. The lowest BCUT2D eigenvalue weighted by Gasteiger charge is -2.25. The van der Waals surface area contributed by atoms with E-state index in [1.54, 1.807) is 0 Å². The van der Waals surface area contributed by atoms with Gasteiger partial charge in [-0.1, -0.05) is 6.58 Å². The highest BCUT2D eigenvalue weighted by molar-refractivity contribution is 5.97. The average Bonchev–Trinajstić information content (AvgIpc) is 3.04. The van der Waals surface area contributed by atoms with Crippen molar-refractivity contribution in [2.75, 3.05) is 13.1 Å². The summed E-state index contributed by atoms with van der Waals surface area (Å²) < 4.78 is 0. The van der Waals surface area contributed by atoms with E-state index in [4.69, 9.17) is 0 Å². The molecule has 1 heterocycles. The Labute approximate surface area is 95.7 Å². The van der Waals surface area contributed by atoms with Crippen LogP contribution < -0.4 is 5.32 Å². The number of nitrogens with zero attached hydrogens (tertiary/aromatic N) is 1. The predicted molar refractivity (Wildman–Crippen MR) is 60.7 cm³/mol. The summed E-state index contributed by atoms with van der Waals surface area (Å²) in [5.74, 6) is -0.104. The Morgan fingerprint density at radius 3 is 2.50 bits per heavy atom. The molecule has 2 aliphatic rings. The van der Waals surface area contributed by atoms with Crippen LogP contribution in [0.3, 0.4) is 0 Å². The highest BCUT2D eigenvalue weighted by Crippen LogP contribution is 2.19. The Kier molecular flexibility index (Phi) is 3.39. The summed E-state index contributed by atoms with van der Waals surface area (Å²) in [5.41, 5.74) is 0.913. The van der Waals surface area contributed by atoms with Crippen molar-refractivity contribution >= 4 is 11.8 Å². The van der Waals surface area contributed by atoms with Gasteiger partial charge in [0.1, 0.15) is 0 Å². The van der Waals surface area contributed by atoms with Gasteiger partial charge in [-0.2, -0.15) is 0 Å². The minimum Gasteiger partial charge on any atom is -0.310 e. The van der Waals surface area contributed by atoms with Crippen LogP contribution in [-0.4, -0.2) is 35.8 Å². The van der Waals surface area contributed by atoms with Crippen LogP contribution >= 0.6 is 0 Å². The molecule has 2 fully saturated rings. The van der Waals surface area contributed by atoms with Crippen molar-refractivity contribution in [2.24, 2.45) is 0 Å². The fourth-order valence-electron chi connectivity index (χ4n) is 1.83. The highest BCUT2D eigenvalue weighted by Gasteiger charge is 2.26. The maximum Gasteiger partial charge on any atom is 0.229 e. The monoisotopic (exact) mass is 222 g/mol. The summed E-state index contributed by atoms with van der Waals surface area (Å²) in [7, 11) is 0. The number of carbonyl (C=O) groups excluding carboxylic acids is 2. The van der Waals surface area contributed by atoms with Crippen molar-refractivity contribution in [3.63, 3.8) is 0 Å². The number of hydrogen-bond donors (Lipinski definition) is 1. The normalized spacial score (nSPS) is 21.4. The molecular formula is C12H18N2O2. The van der Waals surface area contributed by atoms with Gasteiger partial charge in [0.25, 0.3) is 0 Å². The van der Waals surface area contributed by atoms with Gasteiger partial charge in [-0.25, -0.2) is 0 Å². The Balaban J connectivity index is 1.79. The molecule has 1 N–H and O–H groups in total. The van der Waals surface area contributed by atoms with Crippen LogP contribution in [0.25, 0.3) is 0 Å². The molecule has 0 aromatic heterocycles. The summed E-state index contributed by atoms with van der Waals surface area (Å²) in [6.45, 7) is 5.01. The third-order valence-corrected chi connectivity index (χ3v) is 2.98. The van der Waals surface area contributed by atoms with E-state index in [0.29, 0.717) is 38.4 Å². The van der Waals surface area contributed by atoms with Crippen molar-refractivity contribution in [3.8, 4) is 0 Å². The van der Waals surface area contributed by atoms with Crippen LogP contribution in [0.15, 0.2) is 12.2 Å². The summed E-state index contributed by atoms with van der Waals surface area (Å²) in [6, 6.07) is 0.629. The maximum atomic E-state index is 11.5. The van der Waals surface area contributed by atoms with Crippen molar-refractivity contribution in [3.05, 3.63) is 12.2 Å². The number of nitrogens with one attached hydrogen (secondary N) is 1. The van der Waals surface area contributed by atoms with Gasteiger partial charge in [-0.15, -0.1) is 0 Å². The summed E-state index contributed by atoms with van der Waals surface area (Å²) in [6.07, 6.45) is 4.15. The molecule has 0 unspecified atom stereocenters. The first kappa shape index (κ1) is 11.3. The zero-order valence-corrected chi connectivity index (χ0v) is 9.50. The molecule has 4 nitrogen and oxygen atoms in total. The Hall–Kier alpha value is -1.16. The summed E-state index contributed by atoms with van der Waals surface area (Å²) in [5, 5.41) is 3.33. The highest BCUT2D eigenvalue weighted by atomic mass is 16.2. The smallest absolute Gasteiger partial charge is 0.229 e. The molecule has 1 saturated carbocycles. The number of amides is 2. The van der Waals surface area contributed by atoms with Gasteiger partial charge in [0.15, 0.2) is 0 Å². The fourth-order valence-corrected chi connectivity index (χ4v) is 1.83. The molecule has 16 heavy (non-hydrogen) atoms. The number of hydrogen-bond acceptors (Lipinski definition) is 3. The lowest BCUT2D eigenvalue weighted by molar-refractivity contribution is -0.147. The van der Waals surface area contributed by atoms with E-state index in [2.05, 4.69) is 11.9 Å². The molecule has 88 valence electrons. The van der Waals surface area contributed by atoms with Crippen molar-refractivity contribution in [2.45, 2.75) is 38.1 Å². The standard InChI is InChI=1S/C12H18N2O2/c1-9(7-13-10-5-6-10)8-14-11(15)3-2-4-12(14)16/h10,13H,1-8H2. The number of rotatable bonds is 5. The molecule has 2 rings (SSSR count). The van der Waals surface area contributed by atoms with Crippen LogP contribution in [0, 0.1) is 0 Å². The third-order valence-electron chi connectivity index (χ3n) is 2.98. The lowest BCUT2D eigenvalue weighted by Crippen LogP contribution is -2.42. The van der Waals surface area contributed by atoms with Gasteiger partial charge in [-0.05, 0) is 24.8 Å². The molecule has 0 aromatic rings. The lowest BCUT2D eigenvalue weighted by atomic mass is 10.1. The van der Waals surface area contributed by atoms with E-state index in [1.165, 1.54) is 17.7 Å². The van der Waals surface area contributed by atoms with Crippen LogP contribution in [0.5, 0.6) is 0 Å². The first-order valence-electron chi connectivity index (χ1n) is 5.90. The SMILES string of the molecule is C=C(CNC1CC1)CN1C(=O)CCCC1=O. The van der Waals surface area contributed by atoms with Gasteiger partial charge in [0, 0.05) is 25.4 Å². The molecule has 1 saturated heterocycles. The van der Waals surface area contributed by atoms with E-state index in [-0.39, 0.29) is 11.8 Å². The van der Waals surface area contributed by atoms with Crippen molar-refractivity contribution < 1.29 is 9.59 Å². The second kappa shape index (κ2) is 4.78. The largest absolute Gasteiger partial charge is 0.310 e. The summed E-state index contributed by atoms with van der Waals surface area (Å²) in [4.78, 5) is 24.4. The maximum absolute atomic E-state index is 11.5. The van der Waals surface area contributed by atoms with Crippen molar-refractivity contribution in [1.29, 1.82) is 0 Å². The first-order valence-corrected chi connectivity index (χ1v) is 5.90. The molecular weight excluding hydrogens is 204 g/mol. The number of carbonyl (C=O) groups is 2. The molecule has 0 atom stereocenters. The van der Waals surface area contributed by atoms with E-state index in [9.17, 15) is 9.59 Å². The van der Waals surface area contributed by atoms with Crippen LogP contribution in [-0.2, 0) is 9.59 Å². The average molecular weight is 222 g/mol. The topological polar surface area (TPSA) is 49.4 Å². The number of piperidine rings is 1. The number of imide groups is 1. The molecule has 4 heteroatoms. The second-order valence-electron chi connectivity index (χ2n) is 4.63. The molecule has 0 bridgehead atoms. The van der Waals surface area contributed by atoms with E-state index >= 15 is 0 Å². The van der Waals surface area contributed by atoms with Crippen LogP contribution in [0.2, 0.25) is 0 Å². The van der Waals surface area contributed by atoms with Gasteiger partial charge in [0.05, 0.1) is 6.54 Å². The zero-order valence-electron chi connectivity index (χ0n) is 9.50. The number of likely N-dealkylation sites (tertiary alicyclic amines) is 1. The summed E-state index contributed by atoms with van der Waals surface area (Å²) >= 11 is 0. The Bertz CT molecular complexity index is 305. The molecule has 2 amide bonds. The Morgan fingerprint density at radius 2 is 1.94 bits per heavy atom. The zero-order chi connectivity index (χ0) is 11.5. The molecule has 0 aromatic carbocycles. The van der Waals surface area contributed by atoms with E-state index in [0.717, 1.165) is 5.57 Å². The second-order valence-corrected chi connectivity index (χ2v) is 4.63. The van der Waals surface area contributed by atoms with Gasteiger partial charge < -0.3 is 5.32 Å². The van der Waals surface area contributed by atoms with E-state index < -0.39 is 0 Å². The fraction of sp³-hybridized carbons (Fsp3) is 0.667. The predicted octanol–water partition coefficient (Wildman–Crippen LogP) is 0.834. The minimum atomic E-state index is -0.0520. The molecule has 0 spiro atoms. The van der Waals surface area contributed by atoms with Gasteiger partial charge in [0.2, 0.25) is 11.8 Å². The minimum absolute atomic E-state index is 0.0520. The van der Waals surface area contributed by atoms with Crippen LogP contribution in [0.1, 0.15) is 32.1 Å². The van der Waals surface area contributed by atoms with Crippen molar-refractivity contribution in [1.82, 2.24) is 10.2 Å². The van der Waals surface area contributed by atoms with Gasteiger partial charge >= 0.3 is 0 Å². The van der Waals surface area contributed by atoms with E-state index in [1.807, 2.05) is 0 Å².